The van der Waals surface area contributed by atoms with E-state index >= 15 is 0 Å². The molecule has 0 saturated carbocycles. The normalized spacial score (nSPS) is 14.3. The van der Waals surface area contributed by atoms with Crippen molar-refractivity contribution in [1.82, 2.24) is 10.3 Å². The lowest BCUT2D eigenvalue weighted by Crippen LogP contribution is -2.30. The van der Waals surface area contributed by atoms with E-state index in [1.54, 1.807) is 7.11 Å². The Balaban J connectivity index is 1.61. The Morgan fingerprint density at radius 3 is 2.73 bits per heavy atom. The molecule has 1 aromatic carbocycles. The number of anilines is 1. The number of nitrogens with zero attached hydrogens (tertiary/aromatic N) is 2. The van der Waals surface area contributed by atoms with E-state index in [4.69, 9.17) is 9.47 Å². The lowest BCUT2D eigenvalue weighted by molar-refractivity contribution is 0.308. The van der Waals surface area contributed by atoms with Crippen LogP contribution in [0.3, 0.4) is 0 Å². The van der Waals surface area contributed by atoms with E-state index in [9.17, 15) is 0 Å². The quantitative estimate of drug-likeness (QED) is 0.781. The van der Waals surface area contributed by atoms with E-state index in [1.165, 1.54) is 24.8 Å². The summed E-state index contributed by atoms with van der Waals surface area (Å²) < 4.78 is 11.2. The summed E-state index contributed by atoms with van der Waals surface area (Å²) in [7, 11) is 1.69. The van der Waals surface area contributed by atoms with Crippen molar-refractivity contribution in [2.45, 2.75) is 39.3 Å². The van der Waals surface area contributed by atoms with Crippen molar-refractivity contribution < 1.29 is 9.47 Å². The third-order valence-electron chi connectivity index (χ3n) is 4.70. The van der Waals surface area contributed by atoms with Gasteiger partial charge in [0.05, 0.1) is 13.7 Å². The molecule has 1 saturated heterocycles. The molecule has 0 radical (unpaired) electrons. The summed E-state index contributed by atoms with van der Waals surface area (Å²) in [6, 6.07) is 10.3. The first-order valence-corrected chi connectivity index (χ1v) is 9.51. The first-order valence-electron chi connectivity index (χ1n) is 9.51. The van der Waals surface area contributed by atoms with E-state index in [0.29, 0.717) is 6.61 Å². The van der Waals surface area contributed by atoms with Gasteiger partial charge in [-0.05, 0) is 49.9 Å². The summed E-state index contributed by atoms with van der Waals surface area (Å²) in [5.74, 6) is 2.70. The zero-order chi connectivity index (χ0) is 18.2. The number of ether oxygens (including phenoxy) is 2. The van der Waals surface area contributed by atoms with E-state index < -0.39 is 0 Å². The molecule has 1 N–H and O–H groups in total. The third kappa shape index (κ3) is 4.67. The van der Waals surface area contributed by atoms with E-state index in [-0.39, 0.29) is 0 Å². The first-order chi connectivity index (χ1) is 12.8. The van der Waals surface area contributed by atoms with E-state index in [0.717, 1.165) is 49.1 Å². The van der Waals surface area contributed by atoms with Crippen LogP contribution in [0, 0.1) is 0 Å². The number of benzene rings is 1. The van der Waals surface area contributed by atoms with Gasteiger partial charge in [-0.25, -0.2) is 4.98 Å². The van der Waals surface area contributed by atoms with Crippen molar-refractivity contribution in [1.29, 1.82) is 0 Å². The molecule has 1 fully saturated rings. The first kappa shape index (κ1) is 18.5. The Morgan fingerprint density at radius 2 is 1.96 bits per heavy atom. The average Bonchev–Trinajstić information content (AvgIpc) is 2.69. The largest absolute Gasteiger partial charge is 0.493 e. The molecule has 140 valence electrons. The van der Waals surface area contributed by atoms with Gasteiger partial charge in [-0.2, -0.15) is 0 Å². The third-order valence-corrected chi connectivity index (χ3v) is 4.70. The molecular formula is C21H29N3O2. The average molecular weight is 355 g/mol. The van der Waals surface area contributed by atoms with Crippen molar-refractivity contribution in [2.75, 3.05) is 31.7 Å². The molecule has 3 rings (SSSR count). The van der Waals surface area contributed by atoms with Gasteiger partial charge in [0, 0.05) is 37.9 Å². The summed E-state index contributed by atoms with van der Waals surface area (Å²) in [6.45, 7) is 6.37. The van der Waals surface area contributed by atoms with Gasteiger partial charge in [-0.1, -0.05) is 12.1 Å². The highest BCUT2D eigenvalue weighted by atomic mass is 16.5. The number of aromatic nitrogens is 1. The Hall–Kier alpha value is -2.27. The van der Waals surface area contributed by atoms with Gasteiger partial charge in [0.15, 0.2) is 11.5 Å². The lowest BCUT2D eigenvalue weighted by atomic mass is 10.1. The molecule has 5 nitrogen and oxygen atoms in total. The van der Waals surface area contributed by atoms with Crippen LogP contribution in [-0.2, 0) is 13.1 Å². The fraction of sp³-hybridized carbons (Fsp3) is 0.476. The highest BCUT2D eigenvalue weighted by Crippen LogP contribution is 2.31. The minimum atomic E-state index is 0.629. The molecule has 0 bridgehead atoms. The number of rotatable bonds is 8. The number of nitrogens with one attached hydrogen (secondary N) is 1. The topological polar surface area (TPSA) is 46.6 Å². The van der Waals surface area contributed by atoms with Gasteiger partial charge in [0.2, 0.25) is 0 Å². The van der Waals surface area contributed by atoms with Crippen LogP contribution in [-0.4, -0.2) is 31.8 Å². The van der Waals surface area contributed by atoms with Gasteiger partial charge >= 0.3 is 0 Å². The fourth-order valence-corrected chi connectivity index (χ4v) is 3.41. The SMILES string of the molecule is CCOc1cccc(CNCc2ccnc(N3CCCCC3)c2)c1OC. The van der Waals surface area contributed by atoms with E-state index in [2.05, 4.69) is 33.4 Å². The number of para-hydroxylation sites is 1. The summed E-state index contributed by atoms with van der Waals surface area (Å²) in [4.78, 5) is 6.94. The Bertz CT molecular complexity index is 699. The minimum Gasteiger partial charge on any atom is -0.493 e. The molecule has 0 atom stereocenters. The second-order valence-electron chi connectivity index (χ2n) is 6.56. The highest BCUT2D eigenvalue weighted by molar-refractivity contribution is 5.46. The molecule has 2 heterocycles. The molecular weight excluding hydrogens is 326 g/mol. The Labute approximate surface area is 156 Å². The van der Waals surface area contributed by atoms with Crippen LogP contribution in [0.15, 0.2) is 36.5 Å². The van der Waals surface area contributed by atoms with Crippen LogP contribution in [0.1, 0.15) is 37.3 Å². The minimum absolute atomic E-state index is 0.629. The Morgan fingerprint density at radius 1 is 1.12 bits per heavy atom. The fourth-order valence-electron chi connectivity index (χ4n) is 3.41. The predicted octanol–water partition coefficient (Wildman–Crippen LogP) is 3.77. The van der Waals surface area contributed by atoms with Gasteiger partial charge in [0.1, 0.15) is 5.82 Å². The zero-order valence-corrected chi connectivity index (χ0v) is 15.8. The number of methoxy groups -OCH3 is 1. The molecule has 26 heavy (non-hydrogen) atoms. The maximum atomic E-state index is 5.65. The molecule has 0 unspecified atom stereocenters. The van der Waals surface area contributed by atoms with Crippen LogP contribution in [0.5, 0.6) is 11.5 Å². The second kappa shape index (κ2) is 9.43. The summed E-state index contributed by atoms with van der Waals surface area (Å²) in [5, 5.41) is 3.51. The smallest absolute Gasteiger partial charge is 0.165 e. The molecule has 0 spiro atoms. The Kier molecular flexibility index (Phi) is 6.72. The van der Waals surface area contributed by atoms with Gasteiger partial charge in [-0.3, -0.25) is 0 Å². The van der Waals surface area contributed by atoms with Crippen LogP contribution < -0.4 is 19.7 Å². The summed E-state index contributed by atoms with van der Waals surface area (Å²) in [5.41, 5.74) is 2.35. The van der Waals surface area contributed by atoms with Crippen LogP contribution >= 0.6 is 0 Å². The van der Waals surface area contributed by atoms with Crippen molar-refractivity contribution in [3.63, 3.8) is 0 Å². The number of pyridine rings is 1. The highest BCUT2D eigenvalue weighted by Gasteiger charge is 2.13. The second-order valence-corrected chi connectivity index (χ2v) is 6.56. The van der Waals surface area contributed by atoms with Crippen molar-refractivity contribution in [2.24, 2.45) is 0 Å². The van der Waals surface area contributed by atoms with Gasteiger partial charge in [-0.15, -0.1) is 0 Å². The summed E-state index contributed by atoms with van der Waals surface area (Å²) >= 11 is 0. The maximum Gasteiger partial charge on any atom is 0.165 e. The van der Waals surface area contributed by atoms with Crippen LogP contribution in [0.2, 0.25) is 0 Å². The van der Waals surface area contributed by atoms with Gasteiger partial charge < -0.3 is 19.7 Å². The number of hydrogen-bond donors (Lipinski definition) is 1. The molecule has 0 aliphatic carbocycles. The van der Waals surface area contributed by atoms with E-state index in [1.807, 2.05) is 25.3 Å². The van der Waals surface area contributed by atoms with Crippen molar-refractivity contribution in [3.8, 4) is 11.5 Å². The molecule has 1 aliphatic rings. The number of piperidine rings is 1. The van der Waals surface area contributed by atoms with Crippen LogP contribution in [0.4, 0.5) is 5.82 Å². The van der Waals surface area contributed by atoms with Crippen molar-refractivity contribution >= 4 is 5.82 Å². The molecule has 1 aliphatic heterocycles. The molecule has 1 aromatic heterocycles. The molecule has 2 aromatic rings. The summed E-state index contributed by atoms with van der Waals surface area (Å²) in [6.07, 6.45) is 5.78. The molecule has 5 heteroatoms. The predicted molar refractivity (Wildman–Crippen MR) is 105 cm³/mol. The lowest BCUT2D eigenvalue weighted by Gasteiger charge is -2.28. The van der Waals surface area contributed by atoms with Crippen molar-refractivity contribution in [3.05, 3.63) is 47.7 Å². The van der Waals surface area contributed by atoms with Gasteiger partial charge in [0.25, 0.3) is 0 Å². The molecule has 0 amide bonds. The standard InChI is InChI=1S/C21H29N3O2/c1-3-26-19-9-7-8-18(21(19)25-2)16-22-15-17-10-11-23-20(14-17)24-12-5-4-6-13-24/h7-11,14,22H,3-6,12-13,15-16H2,1-2H3. The van der Waals surface area contributed by atoms with Crippen LogP contribution in [0.25, 0.3) is 0 Å². The monoisotopic (exact) mass is 355 g/mol. The zero-order valence-electron chi connectivity index (χ0n) is 15.8. The number of hydrogen-bond acceptors (Lipinski definition) is 5. The maximum absolute atomic E-state index is 5.65.